The van der Waals surface area contributed by atoms with Crippen LogP contribution in [0.3, 0.4) is 0 Å². The van der Waals surface area contributed by atoms with Crippen molar-refractivity contribution in [1.82, 2.24) is 5.32 Å². The van der Waals surface area contributed by atoms with E-state index in [1.54, 1.807) is 0 Å². The molecular formula is C5H13NO4. The van der Waals surface area contributed by atoms with Gasteiger partial charge in [0.1, 0.15) is 0 Å². The van der Waals surface area contributed by atoms with E-state index < -0.39 is 12.0 Å². The molecule has 0 radical (unpaired) electrons. The summed E-state index contributed by atoms with van der Waals surface area (Å²) in [4.78, 5) is 0. The number of nitrogens with one attached hydrogen (secondary N) is 1. The van der Waals surface area contributed by atoms with Crippen LogP contribution in [0.4, 0.5) is 0 Å². The first kappa shape index (κ1) is 9.80. The summed E-state index contributed by atoms with van der Waals surface area (Å²) in [5.74, 6) is -2.05. The summed E-state index contributed by atoms with van der Waals surface area (Å²) < 4.78 is 0. The second-order valence-corrected chi connectivity index (χ2v) is 2.23. The SMILES string of the molecule is CC(O)(O)NC(CO)CO. The molecule has 0 aliphatic carbocycles. The molecule has 0 bridgehead atoms. The van der Waals surface area contributed by atoms with E-state index in [4.69, 9.17) is 20.4 Å². The van der Waals surface area contributed by atoms with E-state index in [0.717, 1.165) is 6.92 Å². The molecule has 0 fully saturated rings. The Kier molecular flexibility index (Phi) is 3.77. The molecule has 0 rings (SSSR count). The van der Waals surface area contributed by atoms with E-state index in [2.05, 4.69) is 5.32 Å². The molecule has 5 N–H and O–H groups in total. The van der Waals surface area contributed by atoms with Crippen molar-refractivity contribution in [2.75, 3.05) is 13.2 Å². The van der Waals surface area contributed by atoms with Gasteiger partial charge in [0.15, 0.2) is 0 Å². The molecule has 0 atom stereocenters. The monoisotopic (exact) mass is 151 g/mol. The quantitative estimate of drug-likeness (QED) is 0.288. The molecule has 0 unspecified atom stereocenters. The topological polar surface area (TPSA) is 93.0 Å². The molecule has 5 heteroatoms. The van der Waals surface area contributed by atoms with E-state index in [0.29, 0.717) is 0 Å². The Labute approximate surface area is 58.9 Å². The summed E-state index contributed by atoms with van der Waals surface area (Å²) in [6.07, 6.45) is 0. The van der Waals surface area contributed by atoms with Crippen LogP contribution in [-0.2, 0) is 0 Å². The van der Waals surface area contributed by atoms with Crippen molar-refractivity contribution >= 4 is 0 Å². The van der Waals surface area contributed by atoms with Crippen LogP contribution in [-0.4, -0.2) is 45.6 Å². The van der Waals surface area contributed by atoms with Crippen LogP contribution in [0.5, 0.6) is 0 Å². The fourth-order valence-corrected chi connectivity index (χ4v) is 0.536. The largest absolute Gasteiger partial charge is 0.395 e. The smallest absolute Gasteiger partial charge is 0.219 e. The van der Waals surface area contributed by atoms with Crippen LogP contribution >= 0.6 is 0 Å². The van der Waals surface area contributed by atoms with Gasteiger partial charge in [-0.15, -0.1) is 0 Å². The van der Waals surface area contributed by atoms with Gasteiger partial charge < -0.3 is 20.4 Å². The third kappa shape index (κ3) is 4.66. The minimum atomic E-state index is -2.05. The lowest BCUT2D eigenvalue weighted by Gasteiger charge is -2.22. The maximum Gasteiger partial charge on any atom is 0.219 e. The summed E-state index contributed by atoms with van der Waals surface area (Å²) >= 11 is 0. The average Bonchev–Trinajstić information content (AvgIpc) is 1.81. The third-order valence-corrected chi connectivity index (χ3v) is 0.918. The van der Waals surface area contributed by atoms with Gasteiger partial charge in [-0.1, -0.05) is 0 Å². The Morgan fingerprint density at radius 2 is 1.70 bits per heavy atom. The van der Waals surface area contributed by atoms with Gasteiger partial charge in [0.05, 0.1) is 19.3 Å². The zero-order chi connectivity index (χ0) is 8.20. The van der Waals surface area contributed by atoms with Crippen molar-refractivity contribution in [3.8, 4) is 0 Å². The predicted molar refractivity (Wildman–Crippen MR) is 33.9 cm³/mol. The highest BCUT2D eigenvalue weighted by Crippen LogP contribution is 1.92. The maximum absolute atomic E-state index is 8.67. The number of aliphatic hydroxyl groups is 4. The van der Waals surface area contributed by atoms with Crippen LogP contribution in [0.1, 0.15) is 6.92 Å². The molecule has 0 aliphatic rings. The second kappa shape index (κ2) is 3.85. The molecule has 0 aliphatic heterocycles. The van der Waals surface area contributed by atoms with Gasteiger partial charge in [0.2, 0.25) is 5.91 Å². The highest BCUT2D eigenvalue weighted by atomic mass is 16.5. The van der Waals surface area contributed by atoms with Crippen molar-refractivity contribution < 1.29 is 20.4 Å². The molecule has 0 amide bonds. The summed E-state index contributed by atoms with van der Waals surface area (Å²) in [6, 6.07) is -0.694. The lowest BCUT2D eigenvalue weighted by Crippen LogP contribution is -2.51. The second-order valence-electron chi connectivity index (χ2n) is 2.23. The van der Waals surface area contributed by atoms with E-state index in [-0.39, 0.29) is 13.2 Å². The molecular weight excluding hydrogens is 138 g/mol. The van der Waals surface area contributed by atoms with Gasteiger partial charge in [-0.3, -0.25) is 5.32 Å². The van der Waals surface area contributed by atoms with Crippen LogP contribution in [0.2, 0.25) is 0 Å². The minimum absolute atomic E-state index is 0.340. The van der Waals surface area contributed by atoms with E-state index in [9.17, 15) is 0 Å². The van der Waals surface area contributed by atoms with Gasteiger partial charge in [0, 0.05) is 6.92 Å². The molecule has 0 saturated heterocycles. The lowest BCUT2D eigenvalue weighted by atomic mass is 10.3. The highest BCUT2D eigenvalue weighted by Gasteiger charge is 2.18. The molecule has 0 aromatic heterocycles. The van der Waals surface area contributed by atoms with E-state index >= 15 is 0 Å². The number of rotatable bonds is 4. The van der Waals surface area contributed by atoms with Gasteiger partial charge in [0.25, 0.3) is 0 Å². The number of hydrogen-bond acceptors (Lipinski definition) is 5. The summed E-state index contributed by atoms with van der Waals surface area (Å²) in [6.45, 7) is 0.422. The number of aliphatic hydroxyl groups excluding tert-OH is 2. The van der Waals surface area contributed by atoms with Crippen LogP contribution in [0.25, 0.3) is 0 Å². The van der Waals surface area contributed by atoms with Crippen LogP contribution in [0, 0.1) is 0 Å². The molecule has 10 heavy (non-hydrogen) atoms. The van der Waals surface area contributed by atoms with Crippen molar-refractivity contribution in [1.29, 1.82) is 0 Å². The minimum Gasteiger partial charge on any atom is -0.395 e. The van der Waals surface area contributed by atoms with Gasteiger partial charge in [-0.25, -0.2) is 0 Å². The maximum atomic E-state index is 8.67. The molecule has 0 heterocycles. The standard InChI is InChI=1S/C5H13NO4/c1-5(9,10)6-4(2-7)3-8/h4,6-10H,2-3H2,1H3. The van der Waals surface area contributed by atoms with Gasteiger partial charge in [-0.05, 0) is 0 Å². The molecule has 62 valence electrons. The van der Waals surface area contributed by atoms with E-state index in [1.165, 1.54) is 0 Å². The normalized spacial score (nSPS) is 12.6. The molecule has 0 aromatic carbocycles. The molecule has 5 nitrogen and oxygen atoms in total. The lowest BCUT2D eigenvalue weighted by molar-refractivity contribution is -0.179. The van der Waals surface area contributed by atoms with Crippen LogP contribution in [0.15, 0.2) is 0 Å². The third-order valence-electron chi connectivity index (χ3n) is 0.918. The van der Waals surface area contributed by atoms with E-state index in [1.807, 2.05) is 0 Å². The van der Waals surface area contributed by atoms with Gasteiger partial charge in [-0.2, -0.15) is 0 Å². The predicted octanol–water partition coefficient (Wildman–Crippen LogP) is -2.41. The molecule has 0 spiro atoms. The first-order valence-electron chi connectivity index (χ1n) is 2.93. The molecule has 0 aromatic rings. The zero-order valence-electron chi connectivity index (χ0n) is 5.78. The Hall–Kier alpha value is -0.200. The Bertz CT molecular complexity index is 86.1. The van der Waals surface area contributed by atoms with Crippen molar-refractivity contribution in [3.63, 3.8) is 0 Å². The number of hydrogen-bond donors (Lipinski definition) is 5. The average molecular weight is 151 g/mol. The first-order chi connectivity index (χ1) is 4.49. The van der Waals surface area contributed by atoms with Gasteiger partial charge >= 0.3 is 0 Å². The highest BCUT2D eigenvalue weighted by molar-refractivity contribution is 4.66. The Morgan fingerprint density at radius 1 is 1.30 bits per heavy atom. The summed E-state index contributed by atoms with van der Waals surface area (Å²) in [7, 11) is 0. The fraction of sp³-hybridized carbons (Fsp3) is 1.00. The fourth-order valence-electron chi connectivity index (χ4n) is 0.536. The van der Waals surface area contributed by atoms with Crippen molar-refractivity contribution in [2.24, 2.45) is 0 Å². The van der Waals surface area contributed by atoms with Crippen LogP contribution < -0.4 is 5.32 Å². The zero-order valence-corrected chi connectivity index (χ0v) is 5.78. The van der Waals surface area contributed by atoms with Crippen molar-refractivity contribution in [3.05, 3.63) is 0 Å². The summed E-state index contributed by atoms with van der Waals surface area (Å²) in [5.41, 5.74) is 0. The first-order valence-corrected chi connectivity index (χ1v) is 2.93. The Morgan fingerprint density at radius 3 is 1.80 bits per heavy atom. The molecule has 0 saturated carbocycles. The Balaban J connectivity index is 3.63. The summed E-state index contributed by atoms with van der Waals surface area (Å²) in [5, 5.41) is 36.4. The van der Waals surface area contributed by atoms with Crippen molar-refractivity contribution in [2.45, 2.75) is 18.9 Å².